The Bertz CT molecular complexity index is 830. The number of nitrogens with one attached hydrogen (secondary N) is 2. The minimum absolute atomic E-state index is 0.00399. The van der Waals surface area contributed by atoms with Crippen LogP contribution in [0.5, 0.6) is 0 Å². The van der Waals surface area contributed by atoms with E-state index in [0.717, 1.165) is 29.7 Å². The lowest BCUT2D eigenvalue weighted by atomic mass is 9.73. The van der Waals surface area contributed by atoms with Gasteiger partial charge in [0, 0.05) is 11.6 Å². The van der Waals surface area contributed by atoms with Crippen LogP contribution in [0, 0.1) is 5.92 Å². The number of carbonyl (C=O) groups excluding carboxylic acids is 4. The van der Waals surface area contributed by atoms with Gasteiger partial charge in [-0.2, -0.15) is 0 Å². The Morgan fingerprint density at radius 1 is 1.31 bits per heavy atom. The molecule has 2 N–H and O–H groups in total. The van der Waals surface area contributed by atoms with Crippen LogP contribution in [0.4, 0.5) is 4.79 Å². The summed E-state index contributed by atoms with van der Waals surface area (Å²) in [7, 11) is 0. The second-order valence-corrected chi connectivity index (χ2v) is 7.88. The maximum atomic E-state index is 12.8. The van der Waals surface area contributed by atoms with E-state index >= 15 is 0 Å². The maximum Gasteiger partial charge on any atom is 0.326 e. The Balaban J connectivity index is 1.48. The fourth-order valence-corrected chi connectivity index (χ4v) is 4.05. The summed E-state index contributed by atoms with van der Waals surface area (Å²) < 4.78 is 4.93. The quantitative estimate of drug-likeness (QED) is 0.540. The molecule has 2 atom stereocenters. The molecule has 1 saturated carbocycles. The van der Waals surface area contributed by atoms with E-state index in [1.54, 1.807) is 24.3 Å². The van der Waals surface area contributed by atoms with Gasteiger partial charge in [0.25, 0.3) is 11.8 Å². The van der Waals surface area contributed by atoms with Gasteiger partial charge in [0.05, 0.1) is 0 Å². The Kier molecular flexibility index (Phi) is 6.42. The van der Waals surface area contributed by atoms with Gasteiger partial charge in [-0.05, 0) is 30.4 Å². The SMILES string of the molecule is C[C@H]1CCCC[C@@]12NC(=O)N(CC(=O)OCC(=O)NCc1ccccc1Cl)C2=O. The first-order valence-corrected chi connectivity index (χ1v) is 10.0. The molecule has 8 nitrogen and oxygen atoms in total. The summed E-state index contributed by atoms with van der Waals surface area (Å²) in [6, 6.07) is 6.47. The highest BCUT2D eigenvalue weighted by Crippen LogP contribution is 2.38. The van der Waals surface area contributed by atoms with Crippen molar-refractivity contribution < 1.29 is 23.9 Å². The molecule has 4 amide bonds. The second-order valence-electron chi connectivity index (χ2n) is 7.47. The lowest BCUT2D eigenvalue weighted by molar-refractivity contribution is -0.151. The van der Waals surface area contributed by atoms with Crippen LogP contribution < -0.4 is 10.6 Å². The van der Waals surface area contributed by atoms with Gasteiger partial charge in [0.2, 0.25) is 0 Å². The molecule has 0 aromatic heterocycles. The molecule has 156 valence electrons. The smallest absolute Gasteiger partial charge is 0.326 e. The van der Waals surface area contributed by atoms with E-state index in [4.69, 9.17) is 16.3 Å². The van der Waals surface area contributed by atoms with Gasteiger partial charge < -0.3 is 15.4 Å². The topological polar surface area (TPSA) is 105 Å². The first kappa shape index (κ1) is 21.1. The summed E-state index contributed by atoms with van der Waals surface area (Å²) >= 11 is 6.02. The largest absolute Gasteiger partial charge is 0.454 e. The third-order valence-electron chi connectivity index (χ3n) is 5.59. The Morgan fingerprint density at radius 2 is 2.07 bits per heavy atom. The number of hydrogen-bond acceptors (Lipinski definition) is 5. The molecule has 2 fully saturated rings. The lowest BCUT2D eigenvalue weighted by Gasteiger charge is -2.36. The third-order valence-corrected chi connectivity index (χ3v) is 5.96. The van der Waals surface area contributed by atoms with Crippen LogP contribution in [0.15, 0.2) is 24.3 Å². The molecular formula is C20H24ClN3O5. The molecule has 1 spiro atoms. The van der Waals surface area contributed by atoms with Crippen molar-refractivity contribution in [3.8, 4) is 0 Å². The molecule has 3 rings (SSSR count). The van der Waals surface area contributed by atoms with E-state index in [-0.39, 0.29) is 12.5 Å². The number of halogens is 1. The molecule has 2 aliphatic rings. The molecule has 29 heavy (non-hydrogen) atoms. The molecule has 1 aliphatic carbocycles. The zero-order chi connectivity index (χ0) is 21.0. The molecule has 9 heteroatoms. The van der Waals surface area contributed by atoms with Gasteiger partial charge in [0.15, 0.2) is 6.61 Å². The number of nitrogens with zero attached hydrogens (tertiary/aromatic N) is 1. The summed E-state index contributed by atoms with van der Waals surface area (Å²) in [6.45, 7) is 1.11. The van der Waals surface area contributed by atoms with Gasteiger partial charge >= 0.3 is 12.0 Å². The van der Waals surface area contributed by atoms with E-state index in [1.807, 2.05) is 6.92 Å². The molecule has 1 aliphatic heterocycles. The van der Waals surface area contributed by atoms with Gasteiger partial charge in [-0.1, -0.05) is 49.6 Å². The highest BCUT2D eigenvalue weighted by molar-refractivity contribution is 6.31. The number of hydrogen-bond donors (Lipinski definition) is 2. The summed E-state index contributed by atoms with van der Waals surface area (Å²) in [5.41, 5.74) is -0.192. The fourth-order valence-electron chi connectivity index (χ4n) is 3.85. The van der Waals surface area contributed by atoms with Crippen molar-refractivity contribution in [2.45, 2.75) is 44.7 Å². The summed E-state index contributed by atoms with van der Waals surface area (Å²) in [6.07, 6.45) is 3.27. The lowest BCUT2D eigenvalue weighted by Crippen LogP contribution is -2.54. The number of imide groups is 1. The normalized spacial score (nSPS) is 23.8. The van der Waals surface area contributed by atoms with Crippen LogP contribution in [0.25, 0.3) is 0 Å². The van der Waals surface area contributed by atoms with Crippen molar-refractivity contribution in [2.24, 2.45) is 5.92 Å². The van der Waals surface area contributed by atoms with Crippen LogP contribution >= 0.6 is 11.6 Å². The van der Waals surface area contributed by atoms with Crippen LogP contribution in [-0.4, -0.2) is 47.4 Å². The minimum atomic E-state index is -0.929. The average molecular weight is 422 g/mol. The molecule has 0 radical (unpaired) electrons. The average Bonchev–Trinajstić information content (AvgIpc) is 2.93. The van der Waals surface area contributed by atoms with Gasteiger partial charge in [0.1, 0.15) is 12.1 Å². The number of ether oxygens (including phenoxy) is 1. The highest BCUT2D eigenvalue weighted by atomic mass is 35.5. The van der Waals surface area contributed by atoms with Gasteiger partial charge in [-0.3, -0.25) is 19.3 Å². The van der Waals surface area contributed by atoms with Crippen LogP contribution in [0.1, 0.15) is 38.2 Å². The van der Waals surface area contributed by atoms with Crippen LogP contribution in [0.2, 0.25) is 5.02 Å². The Hall–Kier alpha value is -2.61. The summed E-state index contributed by atoms with van der Waals surface area (Å²) in [5.74, 6) is -1.71. The first-order valence-electron chi connectivity index (χ1n) is 9.63. The Labute approximate surface area is 173 Å². The number of rotatable bonds is 6. The summed E-state index contributed by atoms with van der Waals surface area (Å²) in [4.78, 5) is 49.9. The summed E-state index contributed by atoms with van der Waals surface area (Å²) in [5, 5.41) is 5.89. The monoisotopic (exact) mass is 421 g/mol. The van der Waals surface area contributed by atoms with Crippen molar-refractivity contribution in [1.82, 2.24) is 15.5 Å². The third kappa shape index (κ3) is 4.53. The molecule has 1 aromatic carbocycles. The van der Waals surface area contributed by atoms with Gasteiger partial charge in [-0.25, -0.2) is 4.79 Å². The van der Waals surface area contributed by atoms with Crippen molar-refractivity contribution in [1.29, 1.82) is 0 Å². The van der Waals surface area contributed by atoms with Crippen molar-refractivity contribution in [2.75, 3.05) is 13.2 Å². The van der Waals surface area contributed by atoms with E-state index < -0.39 is 42.5 Å². The standard InChI is InChI=1S/C20H24ClN3O5/c1-13-6-4-5-9-20(13)18(27)24(19(28)23-20)11-17(26)29-12-16(25)22-10-14-7-2-3-8-15(14)21/h2-3,7-8,13H,4-6,9-12H2,1H3,(H,22,25)(H,23,28)/t13-,20+/m0/s1. The zero-order valence-corrected chi connectivity index (χ0v) is 17.0. The molecular weight excluding hydrogens is 398 g/mol. The van der Waals surface area contributed by atoms with Gasteiger partial charge in [-0.15, -0.1) is 0 Å². The van der Waals surface area contributed by atoms with Crippen LogP contribution in [-0.2, 0) is 25.7 Å². The number of urea groups is 1. The molecule has 0 unspecified atom stereocenters. The van der Waals surface area contributed by atoms with Crippen LogP contribution in [0.3, 0.4) is 0 Å². The van der Waals surface area contributed by atoms with E-state index in [2.05, 4.69) is 10.6 Å². The number of amides is 4. The zero-order valence-electron chi connectivity index (χ0n) is 16.2. The van der Waals surface area contributed by atoms with Crippen molar-refractivity contribution in [3.05, 3.63) is 34.9 Å². The molecule has 1 heterocycles. The fraction of sp³-hybridized carbons (Fsp3) is 0.500. The predicted octanol–water partition coefficient (Wildman–Crippen LogP) is 2.00. The van der Waals surface area contributed by atoms with E-state index in [9.17, 15) is 19.2 Å². The Morgan fingerprint density at radius 3 is 2.79 bits per heavy atom. The number of benzene rings is 1. The number of carbonyl (C=O) groups is 4. The highest BCUT2D eigenvalue weighted by Gasteiger charge is 2.55. The first-order chi connectivity index (χ1) is 13.8. The minimum Gasteiger partial charge on any atom is -0.454 e. The second kappa shape index (κ2) is 8.82. The predicted molar refractivity (Wildman–Crippen MR) is 105 cm³/mol. The molecule has 0 bridgehead atoms. The molecule has 1 aromatic rings. The number of esters is 1. The molecule has 1 saturated heterocycles. The van der Waals surface area contributed by atoms with Crippen molar-refractivity contribution >= 4 is 35.4 Å². The maximum absolute atomic E-state index is 12.8. The van der Waals surface area contributed by atoms with Crippen molar-refractivity contribution in [3.63, 3.8) is 0 Å². The van der Waals surface area contributed by atoms with E-state index in [0.29, 0.717) is 11.4 Å². The van der Waals surface area contributed by atoms with E-state index in [1.165, 1.54) is 0 Å².